The summed E-state index contributed by atoms with van der Waals surface area (Å²) in [4.78, 5) is 13.7. The monoisotopic (exact) mass is 454 g/mol. The number of nitrogens with one attached hydrogen (secondary N) is 2. The van der Waals surface area contributed by atoms with Crippen LogP contribution in [-0.2, 0) is 4.79 Å². The lowest BCUT2D eigenvalue weighted by Crippen LogP contribution is -2.26. The van der Waals surface area contributed by atoms with Gasteiger partial charge < -0.3 is 20.1 Å². The van der Waals surface area contributed by atoms with Crippen molar-refractivity contribution in [3.8, 4) is 11.5 Å². The van der Waals surface area contributed by atoms with Gasteiger partial charge in [-0.3, -0.25) is 4.79 Å². The summed E-state index contributed by atoms with van der Waals surface area (Å²) in [5.41, 5.74) is 5.90. The van der Waals surface area contributed by atoms with Crippen molar-refractivity contribution in [1.29, 1.82) is 0 Å². The number of para-hydroxylation sites is 2. The molecule has 0 unspecified atom stereocenters. The third-order valence-electron chi connectivity index (χ3n) is 6.56. The van der Waals surface area contributed by atoms with E-state index in [1.54, 1.807) is 7.11 Å². The van der Waals surface area contributed by atoms with Crippen LogP contribution in [0.3, 0.4) is 0 Å². The van der Waals surface area contributed by atoms with Crippen molar-refractivity contribution in [3.05, 3.63) is 95.2 Å². The molecule has 0 aromatic heterocycles. The molecule has 0 spiro atoms. The predicted molar refractivity (Wildman–Crippen MR) is 136 cm³/mol. The van der Waals surface area contributed by atoms with Gasteiger partial charge in [0.05, 0.1) is 31.1 Å². The van der Waals surface area contributed by atoms with Gasteiger partial charge in [-0.25, -0.2) is 0 Å². The van der Waals surface area contributed by atoms with Crippen molar-refractivity contribution in [2.45, 2.75) is 38.1 Å². The van der Waals surface area contributed by atoms with Gasteiger partial charge in [0.1, 0.15) is 0 Å². The van der Waals surface area contributed by atoms with Gasteiger partial charge in [0.25, 0.3) is 0 Å². The topological polar surface area (TPSA) is 59.6 Å². The number of methoxy groups -OCH3 is 1. The third-order valence-corrected chi connectivity index (χ3v) is 6.56. The highest BCUT2D eigenvalue weighted by atomic mass is 16.5. The Bertz CT molecular complexity index is 1220. The minimum absolute atomic E-state index is 0.158. The van der Waals surface area contributed by atoms with Crippen LogP contribution in [0.1, 0.15) is 49.3 Å². The summed E-state index contributed by atoms with van der Waals surface area (Å²) in [6.07, 6.45) is 2.20. The summed E-state index contributed by atoms with van der Waals surface area (Å²) in [6.45, 7) is 2.70. The van der Waals surface area contributed by atoms with Gasteiger partial charge in [-0.2, -0.15) is 0 Å². The van der Waals surface area contributed by atoms with Crippen LogP contribution < -0.4 is 20.1 Å². The van der Waals surface area contributed by atoms with Crippen LogP contribution in [0, 0.1) is 0 Å². The smallest absolute Gasteiger partial charge is 0.163 e. The maximum absolute atomic E-state index is 13.7. The number of anilines is 2. The lowest BCUT2D eigenvalue weighted by atomic mass is 9.78. The second kappa shape index (κ2) is 9.64. The zero-order chi connectivity index (χ0) is 23.5. The second-order valence-corrected chi connectivity index (χ2v) is 8.84. The fourth-order valence-electron chi connectivity index (χ4n) is 4.90. The molecule has 1 aliphatic carbocycles. The van der Waals surface area contributed by atoms with Gasteiger partial charge in [0, 0.05) is 17.7 Å². The first-order valence-corrected chi connectivity index (χ1v) is 11.9. The van der Waals surface area contributed by atoms with E-state index in [0.717, 1.165) is 41.1 Å². The highest BCUT2D eigenvalue weighted by molar-refractivity contribution is 6.01. The number of ether oxygens (including phenoxy) is 2. The highest BCUT2D eigenvalue weighted by Crippen LogP contribution is 2.45. The standard InChI is InChI=1S/C29H30N2O3/c1-3-15-34-26-14-13-20(18-27(26)33-2)29-28-24(30-22-11-7-8-12-23(22)31-29)16-21(17-25(28)32)19-9-5-4-6-10-19/h4-14,18,21,29-31H,3,15-17H2,1-2H3/t21-,29-/m1/s1. The number of fused-ring (bicyclic) bond motifs is 1. The summed E-state index contributed by atoms with van der Waals surface area (Å²) in [6, 6.07) is 24.1. The van der Waals surface area contributed by atoms with Crippen LogP contribution in [0.25, 0.3) is 0 Å². The average Bonchev–Trinajstić information content (AvgIpc) is 3.05. The van der Waals surface area contributed by atoms with Gasteiger partial charge in [-0.05, 0) is 54.2 Å². The SMILES string of the molecule is CCCOc1ccc([C@H]2Nc3ccccc3NC3=C2C(=O)C[C@H](c2ccccc2)C3)cc1OC. The Labute approximate surface area is 200 Å². The maximum Gasteiger partial charge on any atom is 0.163 e. The van der Waals surface area contributed by atoms with Crippen molar-refractivity contribution in [2.75, 3.05) is 24.4 Å². The lowest BCUT2D eigenvalue weighted by molar-refractivity contribution is -0.116. The number of hydrogen-bond acceptors (Lipinski definition) is 5. The van der Waals surface area contributed by atoms with Crippen molar-refractivity contribution in [3.63, 3.8) is 0 Å². The molecule has 2 aliphatic rings. The fraction of sp³-hybridized carbons (Fsp3) is 0.276. The molecule has 0 fully saturated rings. The van der Waals surface area contributed by atoms with Gasteiger partial charge in [-0.1, -0.05) is 55.5 Å². The van der Waals surface area contributed by atoms with Gasteiger partial charge in [0.2, 0.25) is 0 Å². The number of rotatable bonds is 6. The maximum atomic E-state index is 13.7. The normalized spacial score (nSPS) is 19.3. The van der Waals surface area contributed by atoms with Gasteiger partial charge in [-0.15, -0.1) is 0 Å². The minimum atomic E-state index is -0.288. The van der Waals surface area contributed by atoms with Crippen LogP contribution in [-0.4, -0.2) is 19.5 Å². The summed E-state index contributed by atoms with van der Waals surface area (Å²) in [5, 5.41) is 7.24. The number of carbonyl (C=O) groups excluding carboxylic acids is 1. The van der Waals surface area contributed by atoms with E-state index in [4.69, 9.17) is 9.47 Å². The van der Waals surface area contributed by atoms with Crippen LogP contribution in [0.15, 0.2) is 84.1 Å². The Hall–Kier alpha value is -3.73. The van der Waals surface area contributed by atoms with Crippen LogP contribution >= 0.6 is 0 Å². The molecule has 0 saturated heterocycles. The molecular weight excluding hydrogens is 424 g/mol. The van der Waals surface area contributed by atoms with Crippen LogP contribution in [0.2, 0.25) is 0 Å². The second-order valence-electron chi connectivity index (χ2n) is 8.84. The zero-order valence-corrected chi connectivity index (χ0v) is 19.6. The average molecular weight is 455 g/mol. The summed E-state index contributed by atoms with van der Waals surface area (Å²) in [5.74, 6) is 1.71. The van der Waals surface area contributed by atoms with Crippen molar-refractivity contribution in [1.82, 2.24) is 0 Å². The van der Waals surface area contributed by atoms with E-state index in [-0.39, 0.29) is 17.7 Å². The van der Waals surface area contributed by atoms with E-state index >= 15 is 0 Å². The fourth-order valence-corrected chi connectivity index (χ4v) is 4.90. The number of allylic oxidation sites excluding steroid dienone is 1. The van der Waals surface area contributed by atoms with Crippen LogP contribution in [0.4, 0.5) is 11.4 Å². The lowest BCUT2D eigenvalue weighted by Gasteiger charge is -2.30. The molecule has 3 aromatic carbocycles. The molecule has 2 N–H and O–H groups in total. The Kier molecular flexibility index (Phi) is 6.26. The van der Waals surface area contributed by atoms with E-state index in [2.05, 4.69) is 29.7 Å². The number of carbonyl (C=O) groups is 1. The molecular formula is C29H30N2O3. The summed E-state index contributed by atoms with van der Waals surface area (Å²) >= 11 is 0. The van der Waals surface area contributed by atoms with Crippen LogP contribution in [0.5, 0.6) is 11.5 Å². The molecule has 174 valence electrons. The first-order chi connectivity index (χ1) is 16.7. The molecule has 0 radical (unpaired) electrons. The Morgan fingerprint density at radius 3 is 2.41 bits per heavy atom. The van der Waals surface area contributed by atoms with E-state index in [0.29, 0.717) is 24.5 Å². The number of Topliss-reactive ketones (excluding diaryl/α,β-unsaturated/α-hetero) is 1. The molecule has 1 aliphatic heterocycles. The predicted octanol–water partition coefficient (Wildman–Crippen LogP) is 6.46. The molecule has 3 aromatic rings. The molecule has 0 bridgehead atoms. The van der Waals surface area contributed by atoms with Crippen molar-refractivity contribution in [2.24, 2.45) is 0 Å². The molecule has 0 amide bonds. The van der Waals surface area contributed by atoms with E-state index in [1.165, 1.54) is 5.56 Å². The minimum Gasteiger partial charge on any atom is -0.493 e. The summed E-state index contributed by atoms with van der Waals surface area (Å²) < 4.78 is 11.5. The first kappa shape index (κ1) is 22.1. The highest BCUT2D eigenvalue weighted by Gasteiger charge is 2.36. The molecule has 0 saturated carbocycles. The van der Waals surface area contributed by atoms with E-state index in [1.807, 2.05) is 60.7 Å². The first-order valence-electron chi connectivity index (χ1n) is 11.9. The number of benzene rings is 3. The largest absolute Gasteiger partial charge is 0.493 e. The van der Waals surface area contributed by atoms with E-state index < -0.39 is 0 Å². The number of ketones is 1. The molecule has 5 rings (SSSR count). The van der Waals surface area contributed by atoms with Crippen molar-refractivity contribution < 1.29 is 14.3 Å². The molecule has 5 nitrogen and oxygen atoms in total. The Morgan fingerprint density at radius 2 is 1.65 bits per heavy atom. The summed E-state index contributed by atoms with van der Waals surface area (Å²) in [7, 11) is 1.65. The molecule has 5 heteroatoms. The Balaban J connectivity index is 1.58. The molecule has 1 heterocycles. The quantitative estimate of drug-likeness (QED) is 0.447. The molecule has 2 atom stereocenters. The molecule has 34 heavy (non-hydrogen) atoms. The van der Waals surface area contributed by atoms with Gasteiger partial charge >= 0.3 is 0 Å². The number of hydrogen-bond donors (Lipinski definition) is 2. The third kappa shape index (κ3) is 4.26. The van der Waals surface area contributed by atoms with Gasteiger partial charge in [0.15, 0.2) is 17.3 Å². The Morgan fingerprint density at radius 1 is 0.882 bits per heavy atom. The van der Waals surface area contributed by atoms with Crippen molar-refractivity contribution >= 4 is 17.2 Å². The zero-order valence-electron chi connectivity index (χ0n) is 19.6. The van der Waals surface area contributed by atoms with E-state index in [9.17, 15) is 4.79 Å².